The summed E-state index contributed by atoms with van der Waals surface area (Å²) in [7, 11) is 0. The molecule has 0 aliphatic carbocycles. The summed E-state index contributed by atoms with van der Waals surface area (Å²) in [6.07, 6.45) is -4.34. The maximum absolute atomic E-state index is 12.6. The second-order valence-corrected chi connectivity index (χ2v) is 5.59. The molecule has 110 valence electrons. The van der Waals surface area contributed by atoms with E-state index in [1.807, 2.05) is 24.3 Å². The van der Waals surface area contributed by atoms with Crippen LogP contribution >= 0.6 is 15.9 Å². The van der Waals surface area contributed by atoms with E-state index >= 15 is 0 Å². The second-order valence-electron chi connectivity index (χ2n) is 4.74. The van der Waals surface area contributed by atoms with E-state index in [0.29, 0.717) is 16.8 Å². The van der Waals surface area contributed by atoms with Crippen molar-refractivity contribution < 1.29 is 17.9 Å². The highest BCUT2D eigenvalue weighted by molar-refractivity contribution is 9.10. The maximum Gasteiger partial charge on any atom is 0.416 e. The van der Waals surface area contributed by atoms with E-state index in [9.17, 15) is 13.2 Å². The Morgan fingerprint density at radius 1 is 1.14 bits per heavy atom. The Balaban J connectivity index is 1.84. The first kappa shape index (κ1) is 14.3. The number of hydrogen-bond acceptors (Lipinski definition) is 2. The molecule has 2 aromatic carbocycles. The van der Waals surface area contributed by atoms with Crippen molar-refractivity contribution in [1.29, 1.82) is 0 Å². The van der Waals surface area contributed by atoms with Crippen molar-refractivity contribution in [3.05, 3.63) is 58.1 Å². The fourth-order valence-electron chi connectivity index (χ4n) is 2.28. The minimum atomic E-state index is -4.34. The number of anilines is 1. The predicted molar refractivity (Wildman–Crippen MR) is 77.4 cm³/mol. The van der Waals surface area contributed by atoms with Crippen molar-refractivity contribution in [2.24, 2.45) is 0 Å². The highest BCUT2D eigenvalue weighted by Crippen LogP contribution is 2.38. The Bertz CT molecular complexity index is 672. The molecule has 0 saturated heterocycles. The van der Waals surface area contributed by atoms with Crippen molar-refractivity contribution in [3.8, 4) is 5.75 Å². The van der Waals surface area contributed by atoms with Crippen LogP contribution in [0.25, 0.3) is 0 Å². The molecule has 2 aromatic rings. The lowest BCUT2D eigenvalue weighted by Gasteiger charge is -2.16. The molecule has 1 atom stereocenters. The Hall–Kier alpha value is -1.69. The molecule has 0 amide bonds. The highest BCUT2D eigenvalue weighted by atomic mass is 79.9. The number of fused-ring (bicyclic) bond motifs is 1. The molecule has 1 unspecified atom stereocenters. The minimum Gasteiger partial charge on any atom is -0.491 e. The van der Waals surface area contributed by atoms with Gasteiger partial charge in [-0.2, -0.15) is 13.2 Å². The van der Waals surface area contributed by atoms with Crippen molar-refractivity contribution in [1.82, 2.24) is 0 Å². The number of benzene rings is 2. The largest absolute Gasteiger partial charge is 0.491 e. The number of para-hydroxylation sites is 1. The van der Waals surface area contributed by atoms with E-state index in [0.717, 1.165) is 23.4 Å². The molecule has 6 heteroatoms. The average Bonchev–Trinajstić information content (AvgIpc) is 2.83. The molecule has 0 saturated carbocycles. The molecular weight excluding hydrogens is 347 g/mol. The lowest BCUT2D eigenvalue weighted by atomic mass is 10.1. The highest BCUT2D eigenvalue weighted by Gasteiger charge is 2.31. The van der Waals surface area contributed by atoms with Gasteiger partial charge in [-0.1, -0.05) is 18.2 Å². The van der Waals surface area contributed by atoms with Gasteiger partial charge in [0.05, 0.1) is 11.6 Å². The zero-order chi connectivity index (χ0) is 15.0. The van der Waals surface area contributed by atoms with Gasteiger partial charge in [0.25, 0.3) is 0 Å². The SMILES string of the molecule is FC(F)(F)c1ccc(NC2COc3ccccc32)c(Br)c1. The summed E-state index contributed by atoms with van der Waals surface area (Å²) >= 11 is 3.18. The smallest absolute Gasteiger partial charge is 0.416 e. The van der Waals surface area contributed by atoms with Crippen LogP contribution in [-0.4, -0.2) is 6.61 Å². The second kappa shape index (κ2) is 5.26. The number of rotatable bonds is 2. The van der Waals surface area contributed by atoms with Gasteiger partial charge in [-0.05, 0) is 40.2 Å². The van der Waals surface area contributed by atoms with Gasteiger partial charge in [0.2, 0.25) is 0 Å². The Morgan fingerprint density at radius 3 is 2.62 bits per heavy atom. The van der Waals surface area contributed by atoms with Gasteiger partial charge in [0.1, 0.15) is 12.4 Å². The van der Waals surface area contributed by atoms with Crippen LogP contribution in [0.4, 0.5) is 18.9 Å². The standard InChI is InChI=1S/C15H11BrF3NO/c16-11-7-9(15(17,18)19)5-6-12(11)20-13-8-21-14-4-2-1-3-10(13)14/h1-7,13,20H,8H2. The summed E-state index contributed by atoms with van der Waals surface area (Å²) in [6, 6.07) is 11.1. The molecule has 1 aliphatic heterocycles. The van der Waals surface area contributed by atoms with Gasteiger partial charge in [0.15, 0.2) is 0 Å². The van der Waals surface area contributed by atoms with Crippen LogP contribution in [0.1, 0.15) is 17.2 Å². The molecule has 0 bridgehead atoms. The first-order valence-corrected chi connectivity index (χ1v) is 7.09. The van der Waals surface area contributed by atoms with Gasteiger partial charge < -0.3 is 10.1 Å². The molecule has 0 spiro atoms. The maximum atomic E-state index is 12.6. The van der Waals surface area contributed by atoms with Crippen LogP contribution in [0.15, 0.2) is 46.9 Å². The summed E-state index contributed by atoms with van der Waals surface area (Å²) in [5.74, 6) is 0.804. The molecule has 2 nitrogen and oxygen atoms in total. The van der Waals surface area contributed by atoms with Crippen LogP contribution < -0.4 is 10.1 Å². The predicted octanol–water partition coefficient (Wildman–Crippen LogP) is 5.01. The topological polar surface area (TPSA) is 21.3 Å². The van der Waals surface area contributed by atoms with Crippen LogP contribution in [0.5, 0.6) is 5.75 Å². The normalized spacial score (nSPS) is 17.2. The lowest BCUT2D eigenvalue weighted by Crippen LogP contribution is -2.13. The van der Waals surface area contributed by atoms with Crippen LogP contribution in [0, 0.1) is 0 Å². The third-order valence-corrected chi connectivity index (χ3v) is 3.98. The van der Waals surface area contributed by atoms with Crippen molar-refractivity contribution in [2.75, 3.05) is 11.9 Å². The lowest BCUT2D eigenvalue weighted by molar-refractivity contribution is -0.137. The molecule has 21 heavy (non-hydrogen) atoms. The van der Waals surface area contributed by atoms with E-state index in [2.05, 4.69) is 21.2 Å². The number of nitrogens with one attached hydrogen (secondary N) is 1. The number of alkyl halides is 3. The Morgan fingerprint density at radius 2 is 1.90 bits per heavy atom. The van der Waals surface area contributed by atoms with Crippen molar-refractivity contribution in [3.63, 3.8) is 0 Å². The molecule has 1 heterocycles. The zero-order valence-electron chi connectivity index (χ0n) is 10.7. The monoisotopic (exact) mass is 357 g/mol. The van der Waals surface area contributed by atoms with E-state index in [1.54, 1.807) is 0 Å². The quantitative estimate of drug-likeness (QED) is 0.815. The summed E-state index contributed by atoms with van der Waals surface area (Å²) in [6.45, 7) is 0.451. The van der Waals surface area contributed by atoms with Gasteiger partial charge in [-0.25, -0.2) is 0 Å². The molecular formula is C15H11BrF3NO. The van der Waals surface area contributed by atoms with Gasteiger partial charge in [0, 0.05) is 15.7 Å². The number of halogens is 4. The third-order valence-electron chi connectivity index (χ3n) is 3.33. The summed E-state index contributed by atoms with van der Waals surface area (Å²) in [5.41, 5.74) is 0.931. The van der Waals surface area contributed by atoms with Crippen LogP contribution in [0.3, 0.4) is 0 Å². The fraction of sp³-hybridized carbons (Fsp3) is 0.200. The average molecular weight is 358 g/mol. The number of hydrogen-bond donors (Lipinski definition) is 1. The van der Waals surface area contributed by atoms with Gasteiger partial charge in [-0.3, -0.25) is 0 Å². The van der Waals surface area contributed by atoms with Crippen molar-refractivity contribution >= 4 is 21.6 Å². The first-order chi connectivity index (χ1) is 9.95. The Labute approximate surface area is 128 Å². The van der Waals surface area contributed by atoms with Crippen molar-refractivity contribution in [2.45, 2.75) is 12.2 Å². The molecule has 0 radical (unpaired) electrons. The van der Waals surface area contributed by atoms with Crippen LogP contribution in [-0.2, 0) is 6.18 Å². The molecule has 0 aromatic heterocycles. The van der Waals surface area contributed by atoms with E-state index in [-0.39, 0.29) is 6.04 Å². The van der Waals surface area contributed by atoms with E-state index < -0.39 is 11.7 Å². The fourth-order valence-corrected chi connectivity index (χ4v) is 2.77. The first-order valence-electron chi connectivity index (χ1n) is 6.30. The molecule has 3 rings (SSSR count). The Kier molecular flexibility index (Phi) is 3.57. The third kappa shape index (κ3) is 2.85. The zero-order valence-corrected chi connectivity index (χ0v) is 12.3. The van der Waals surface area contributed by atoms with E-state index in [1.165, 1.54) is 6.07 Å². The van der Waals surface area contributed by atoms with Crippen LogP contribution in [0.2, 0.25) is 0 Å². The van der Waals surface area contributed by atoms with E-state index in [4.69, 9.17) is 4.74 Å². The van der Waals surface area contributed by atoms with Gasteiger partial charge >= 0.3 is 6.18 Å². The summed E-state index contributed by atoms with van der Waals surface area (Å²) in [5, 5.41) is 3.20. The van der Waals surface area contributed by atoms with Gasteiger partial charge in [-0.15, -0.1) is 0 Å². The molecule has 0 fully saturated rings. The summed E-state index contributed by atoms with van der Waals surface area (Å²) in [4.78, 5) is 0. The summed E-state index contributed by atoms with van der Waals surface area (Å²) < 4.78 is 43.8. The minimum absolute atomic E-state index is 0.0748. The number of ether oxygens (including phenoxy) is 1. The molecule has 1 N–H and O–H groups in total. The molecule has 1 aliphatic rings.